The molecule has 0 saturated heterocycles. The summed E-state index contributed by atoms with van der Waals surface area (Å²) in [6.07, 6.45) is 0. The molecule has 2 N–H and O–H groups in total. The number of hydrogen-bond donors (Lipinski definition) is 2. The molecule has 0 radical (unpaired) electrons. The van der Waals surface area contributed by atoms with Gasteiger partial charge in [0.05, 0.1) is 5.69 Å². The average molecular weight is 250 g/mol. The molecule has 0 amide bonds. The van der Waals surface area contributed by atoms with Crippen LogP contribution in [0.1, 0.15) is 10.5 Å². The highest BCUT2D eigenvalue weighted by atomic mass is 19.1. The van der Waals surface area contributed by atoms with Crippen LogP contribution in [-0.2, 0) is 0 Å². The van der Waals surface area contributed by atoms with Crippen LogP contribution in [0.4, 0.5) is 4.39 Å². The van der Waals surface area contributed by atoms with Gasteiger partial charge in [-0.1, -0.05) is 0 Å². The standard InChI is InChI=1S/C11H7FN2O4/c12-6-1-3-7(4-2-6)14-9(16)5-8(15)10(13-14)11(17)18/h1-5,15H,(H,17,18). The third kappa shape index (κ3) is 2.05. The first-order valence-electron chi connectivity index (χ1n) is 4.81. The Hall–Kier alpha value is -2.70. The van der Waals surface area contributed by atoms with Gasteiger partial charge in [0.25, 0.3) is 5.56 Å². The van der Waals surface area contributed by atoms with Crippen molar-refractivity contribution in [2.24, 2.45) is 0 Å². The second-order valence-electron chi connectivity index (χ2n) is 3.41. The summed E-state index contributed by atoms with van der Waals surface area (Å²) >= 11 is 0. The normalized spacial score (nSPS) is 10.3. The first kappa shape index (κ1) is 11.8. The molecule has 0 spiro atoms. The van der Waals surface area contributed by atoms with Crippen LogP contribution in [0.25, 0.3) is 5.69 Å². The van der Waals surface area contributed by atoms with Gasteiger partial charge in [-0.05, 0) is 24.3 Å². The molecule has 0 fully saturated rings. The molecule has 2 rings (SSSR count). The van der Waals surface area contributed by atoms with E-state index < -0.39 is 28.8 Å². The van der Waals surface area contributed by atoms with Crippen LogP contribution in [0.3, 0.4) is 0 Å². The molecule has 0 aliphatic rings. The Balaban J connectivity index is 2.64. The van der Waals surface area contributed by atoms with E-state index in [0.717, 1.165) is 22.9 Å². The number of halogens is 1. The maximum absolute atomic E-state index is 12.7. The summed E-state index contributed by atoms with van der Waals surface area (Å²) in [6.45, 7) is 0. The van der Waals surface area contributed by atoms with Gasteiger partial charge in [-0.25, -0.2) is 9.18 Å². The molecule has 0 aliphatic heterocycles. The van der Waals surface area contributed by atoms with Crippen molar-refractivity contribution in [2.75, 3.05) is 0 Å². The number of carboxylic acids is 1. The first-order valence-corrected chi connectivity index (χ1v) is 4.81. The lowest BCUT2D eigenvalue weighted by Crippen LogP contribution is -2.23. The van der Waals surface area contributed by atoms with Crippen LogP contribution in [0.5, 0.6) is 5.75 Å². The van der Waals surface area contributed by atoms with Crippen LogP contribution < -0.4 is 5.56 Å². The second-order valence-corrected chi connectivity index (χ2v) is 3.41. The van der Waals surface area contributed by atoms with Crippen molar-refractivity contribution in [3.63, 3.8) is 0 Å². The Kier molecular flexibility index (Phi) is 2.80. The third-order valence-electron chi connectivity index (χ3n) is 2.19. The summed E-state index contributed by atoms with van der Waals surface area (Å²) in [4.78, 5) is 22.3. The number of benzene rings is 1. The van der Waals surface area contributed by atoms with E-state index in [4.69, 9.17) is 5.11 Å². The molecule has 6 nitrogen and oxygen atoms in total. The summed E-state index contributed by atoms with van der Waals surface area (Å²) in [5.74, 6) is -2.68. The summed E-state index contributed by atoms with van der Waals surface area (Å²) in [6, 6.07) is 5.49. The van der Waals surface area contributed by atoms with Crippen LogP contribution in [0.2, 0.25) is 0 Å². The molecular weight excluding hydrogens is 243 g/mol. The molecule has 7 heteroatoms. The van der Waals surface area contributed by atoms with Crippen LogP contribution in [0, 0.1) is 5.82 Å². The number of aromatic carboxylic acids is 1. The number of rotatable bonds is 2. The summed E-state index contributed by atoms with van der Waals surface area (Å²) in [7, 11) is 0. The molecular formula is C11H7FN2O4. The van der Waals surface area contributed by atoms with Crippen molar-refractivity contribution in [1.82, 2.24) is 9.78 Å². The lowest BCUT2D eigenvalue weighted by molar-refractivity contribution is 0.0684. The number of aromatic hydroxyl groups is 1. The van der Waals surface area contributed by atoms with Crippen molar-refractivity contribution in [3.05, 3.63) is 52.2 Å². The third-order valence-corrected chi connectivity index (χ3v) is 2.19. The molecule has 2 aromatic rings. The summed E-state index contributed by atoms with van der Waals surface area (Å²) in [5, 5.41) is 21.5. The number of carboxylic acid groups (broad SMARTS) is 1. The minimum atomic E-state index is -1.47. The molecule has 0 bridgehead atoms. The Morgan fingerprint density at radius 3 is 2.44 bits per heavy atom. The fraction of sp³-hybridized carbons (Fsp3) is 0. The van der Waals surface area contributed by atoms with Crippen molar-refractivity contribution in [3.8, 4) is 11.4 Å². The Bertz CT molecular complexity index is 664. The zero-order valence-corrected chi connectivity index (χ0v) is 8.87. The Morgan fingerprint density at radius 2 is 1.89 bits per heavy atom. The van der Waals surface area contributed by atoms with E-state index in [9.17, 15) is 19.1 Å². The van der Waals surface area contributed by atoms with E-state index in [1.54, 1.807) is 0 Å². The van der Waals surface area contributed by atoms with Gasteiger partial charge < -0.3 is 10.2 Å². The largest absolute Gasteiger partial charge is 0.505 e. The predicted octanol–water partition coefficient (Wildman–Crippen LogP) is 0.775. The summed E-state index contributed by atoms with van der Waals surface area (Å²) in [5.41, 5.74) is -1.17. The van der Waals surface area contributed by atoms with Gasteiger partial charge in [0.15, 0.2) is 5.75 Å². The molecule has 1 aromatic heterocycles. The molecule has 0 atom stereocenters. The number of carbonyl (C=O) groups is 1. The molecule has 1 heterocycles. The molecule has 1 aromatic carbocycles. The highest BCUT2D eigenvalue weighted by Crippen LogP contribution is 2.12. The minimum absolute atomic E-state index is 0.198. The van der Waals surface area contributed by atoms with Gasteiger partial charge in [-0.3, -0.25) is 4.79 Å². The highest BCUT2D eigenvalue weighted by molar-refractivity contribution is 5.88. The minimum Gasteiger partial charge on any atom is -0.505 e. The smallest absolute Gasteiger partial charge is 0.360 e. The van der Waals surface area contributed by atoms with Crippen LogP contribution in [-0.4, -0.2) is 26.0 Å². The fourth-order valence-corrected chi connectivity index (χ4v) is 1.37. The van der Waals surface area contributed by atoms with E-state index in [2.05, 4.69) is 5.10 Å². The average Bonchev–Trinajstić information content (AvgIpc) is 2.30. The lowest BCUT2D eigenvalue weighted by atomic mass is 10.3. The Labute approximate surface area is 99.5 Å². The van der Waals surface area contributed by atoms with Gasteiger partial charge in [0.1, 0.15) is 5.82 Å². The SMILES string of the molecule is O=C(O)c1nn(-c2ccc(F)cc2)c(=O)cc1O. The van der Waals surface area contributed by atoms with Crippen molar-refractivity contribution >= 4 is 5.97 Å². The van der Waals surface area contributed by atoms with E-state index >= 15 is 0 Å². The molecule has 18 heavy (non-hydrogen) atoms. The second kappa shape index (κ2) is 4.28. The maximum atomic E-state index is 12.7. The van der Waals surface area contributed by atoms with Crippen molar-refractivity contribution in [2.45, 2.75) is 0 Å². The molecule has 0 saturated carbocycles. The van der Waals surface area contributed by atoms with Gasteiger partial charge in [0, 0.05) is 6.07 Å². The number of aromatic nitrogens is 2. The summed E-state index contributed by atoms with van der Waals surface area (Å²) < 4.78 is 13.5. The monoisotopic (exact) mass is 250 g/mol. The first-order chi connectivity index (χ1) is 8.49. The van der Waals surface area contributed by atoms with E-state index in [1.165, 1.54) is 12.1 Å². The lowest BCUT2D eigenvalue weighted by Gasteiger charge is -2.06. The van der Waals surface area contributed by atoms with E-state index in [0.29, 0.717) is 0 Å². The van der Waals surface area contributed by atoms with E-state index in [-0.39, 0.29) is 5.69 Å². The molecule has 0 unspecified atom stereocenters. The Morgan fingerprint density at radius 1 is 1.28 bits per heavy atom. The fourth-order valence-electron chi connectivity index (χ4n) is 1.37. The molecule has 92 valence electrons. The zero-order chi connectivity index (χ0) is 13.3. The van der Waals surface area contributed by atoms with Gasteiger partial charge in [0.2, 0.25) is 5.69 Å². The van der Waals surface area contributed by atoms with Crippen LogP contribution >= 0.6 is 0 Å². The maximum Gasteiger partial charge on any atom is 0.360 e. The zero-order valence-electron chi connectivity index (χ0n) is 8.87. The highest BCUT2D eigenvalue weighted by Gasteiger charge is 2.15. The van der Waals surface area contributed by atoms with Crippen LogP contribution in [0.15, 0.2) is 35.1 Å². The topological polar surface area (TPSA) is 92.4 Å². The molecule has 0 aliphatic carbocycles. The predicted molar refractivity (Wildman–Crippen MR) is 58.4 cm³/mol. The van der Waals surface area contributed by atoms with Crippen molar-refractivity contribution < 1.29 is 19.4 Å². The quantitative estimate of drug-likeness (QED) is 0.821. The van der Waals surface area contributed by atoms with Crippen molar-refractivity contribution in [1.29, 1.82) is 0 Å². The van der Waals surface area contributed by atoms with Gasteiger partial charge in [-0.15, -0.1) is 0 Å². The van der Waals surface area contributed by atoms with E-state index in [1.807, 2.05) is 0 Å². The van der Waals surface area contributed by atoms with Gasteiger partial charge in [-0.2, -0.15) is 9.78 Å². The number of nitrogens with zero attached hydrogens (tertiary/aromatic N) is 2. The number of hydrogen-bond acceptors (Lipinski definition) is 4. The van der Waals surface area contributed by atoms with Gasteiger partial charge >= 0.3 is 5.97 Å².